The molecule has 0 radical (unpaired) electrons. The Morgan fingerprint density at radius 3 is 2.70 bits per heavy atom. The molecule has 1 N–H and O–H groups in total. The van der Waals surface area contributed by atoms with Gasteiger partial charge in [-0.1, -0.05) is 6.92 Å². The van der Waals surface area contributed by atoms with Crippen molar-refractivity contribution in [3.8, 4) is 0 Å². The van der Waals surface area contributed by atoms with Crippen molar-refractivity contribution >= 4 is 5.97 Å². The molecule has 0 bridgehead atoms. The van der Waals surface area contributed by atoms with Gasteiger partial charge in [0.15, 0.2) is 0 Å². The van der Waals surface area contributed by atoms with Crippen LogP contribution in [0.2, 0.25) is 0 Å². The Kier molecular flexibility index (Phi) is 4.34. The summed E-state index contributed by atoms with van der Waals surface area (Å²) < 4.78 is 0. The van der Waals surface area contributed by atoms with Crippen molar-refractivity contribution in [2.24, 2.45) is 5.92 Å². The predicted octanol–water partition coefficient (Wildman–Crippen LogP) is 1.83. The first-order valence-corrected chi connectivity index (χ1v) is 3.32. The fourth-order valence-electron chi connectivity index (χ4n) is 0.576. The zero-order valence-corrected chi connectivity index (χ0v) is 6.29. The summed E-state index contributed by atoms with van der Waals surface area (Å²) in [6.07, 6.45) is 3.89. The van der Waals surface area contributed by atoms with Gasteiger partial charge in [0.1, 0.15) is 0 Å². The molecule has 10 heavy (non-hydrogen) atoms. The normalized spacial score (nSPS) is 11.4. The number of carboxylic acids is 1. The molecule has 0 aromatic heterocycles. The van der Waals surface area contributed by atoms with E-state index >= 15 is 0 Å². The number of aliphatic carboxylic acids is 1. The lowest BCUT2D eigenvalue weighted by Gasteiger charge is -1.98. The van der Waals surface area contributed by atoms with Crippen LogP contribution >= 0.6 is 0 Å². The van der Waals surface area contributed by atoms with E-state index in [4.69, 9.17) is 5.11 Å². The van der Waals surface area contributed by atoms with Crippen LogP contribution in [0.15, 0.2) is 17.9 Å². The fraction of sp³-hybridized carbons (Fsp3) is 0.500. The van der Waals surface area contributed by atoms with Gasteiger partial charge in [-0.05, 0) is 25.5 Å². The van der Waals surface area contributed by atoms with E-state index in [-0.39, 0.29) is 5.92 Å². The Balaban J connectivity index is 4.09. The van der Waals surface area contributed by atoms with Crippen LogP contribution in [-0.4, -0.2) is 11.1 Å². The maximum Gasteiger partial charge on any atom is 0.310 e. The molecule has 0 rings (SSSR count). The first-order valence-electron chi connectivity index (χ1n) is 3.32. The smallest absolute Gasteiger partial charge is 0.310 e. The number of hydrogen-bond acceptors (Lipinski definition) is 1. The molecule has 0 saturated carbocycles. The van der Waals surface area contributed by atoms with Crippen molar-refractivity contribution in [1.82, 2.24) is 0 Å². The Labute approximate surface area is 60.9 Å². The van der Waals surface area contributed by atoms with E-state index in [0.29, 0.717) is 6.42 Å². The second kappa shape index (κ2) is 4.83. The summed E-state index contributed by atoms with van der Waals surface area (Å²) in [5.74, 6) is -1.16. The summed E-state index contributed by atoms with van der Waals surface area (Å²) in [6, 6.07) is 0. The van der Waals surface area contributed by atoms with E-state index in [0.717, 1.165) is 0 Å². The molecule has 1 unspecified atom stereocenters. The molecule has 0 aliphatic rings. The Bertz CT molecular complexity index is 164. The second-order valence-corrected chi connectivity index (χ2v) is 1.97. The van der Waals surface area contributed by atoms with Gasteiger partial charge >= 0.3 is 5.97 Å². The van der Waals surface area contributed by atoms with E-state index < -0.39 is 5.97 Å². The van der Waals surface area contributed by atoms with Gasteiger partial charge in [0, 0.05) is 0 Å². The molecule has 0 aliphatic heterocycles. The van der Waals surface area contributed by atoms with Crippen LogP contribution in [0.4, 0.5) is 0 Å². The van der Waals surface area contributed by atoms with Gasteiger partial charge < -0.3 is 5.11 Å². The first kappa shape index (κ1) is 8.99. The number of carboxylic acid groups (broad SMARTS) is 1. The van der Waals surface area contributed by atoms with Gasteiger partial charge in [0.05, 0.1) is 5.92 Å². The average Bonchev–Trinajstić information content (AvgIpc) is 1.89. The van der Waals surface area contributed by atoms with Gasteiger partial charge in [0.25, 0.3) is 0 Å². The molecule has 0 saturated heterocycles. The largest absolute Gasteiger partial charge is 0.481 e. The molecule has 0 aromatic rings. The summed E-state index contributed by atoms with van der Waals surface area (Å²) >= 11 is 0. The van der Waals surface area contributed by atoms with E-state index in [9.17, 15) is 4.79 Å². The second-order valence-electron chi connectivity index (χ2n) is 1.97. The van der Waals surface area contributed by atoms with Crippen molar-refractivity contribution in [3.63, 3.8) is 0 Å². The molecule has 2 nitrogen and oxygen atoms in total. The zero-order valence-electron chi connectivity index (χ0n) is 6.29. The highest BCUT2D eigenvalue weighted by molar-refractivity contribution is 5.71. The molecule has 56 valence electrons. The number of carbonyl (C=O) groups is 1. The van der Waals surface area contributed by atoms with E-state index in [1.165, 1.54) is 0 Å². The zero-order chi connectivity index (χ0) is 7.98. The minimum atomic E-state index is -0.781. The first-order chi connectivity index (χ1) is 4.72. The standard InChI is InChI=1S/C8H12O2/c1-3-5-6-7(4-2)8(9)10/h3,6-7H,4H2,1-2H3,(H,9,10). The molecule has 0 heterocycles. The highest BCUT2D eigenvalue weighted by atomic mass is 16.4. The van der Waals surface area contributed by atoms with Gasteiger partial charge in [-0.25, -0.2) is 0 Å². The monoisotopic (exact) mass is 140 g/mol. The summed E-state index contributed by atoms with van der Waals surface area (Å²) in [5.41, 5.74) is 2.75. The minimum Gasteiger partial charge on any atom is -0.481 e. The quantitative estimate of drug-likeness (QED) is 0.607. The molecule has 1 atom stereocenters. The van der Waals surface area contributed by atoms with Crippen LogP contribution in [0, 0.1) is 5.92 Å². The lowest BCUT2D eigenvalue weighted by atomic mass is 10.1. The summed E-state index contributed by atoms with van der Waals surface area (Å²) in [4.78, 5) is 10.4. The fourth-order valence-corrected chi connectivity index (χ4v) is 0.576. The van der Waals surface area contributed by atoms with Crippen LogP contribution in [0.25, 0.3) is 0 Å². The third kappa shape index (κ3) is 3.10. The van der Waals surface area contributed by atoms with Crippen molar-refractivity contribution in [1.29, 1.82) is 0 Å². The molecule has 0 aliphatic carbocycles. The summed E-state index contributed by atoms with van der Waals surface area (Å²) in [7, 11) is 0. The van der Waals surface area contributed by atoms with Crippen molar-refractivity contribution in [2.75, 3.05) is 0 Å². The van der Waals surface area contributed by atoms with Crippen LogP contribution < -0.4 is 0 Å². The Hall–Kier alpha value is -1.01. The molecule has 0 amide bonds. The molecule has 0 aromatic carbocycles. The summed E-state index contributed by atoms with van der Waals surface area (Å²) in [6.45, 7) is 3.65. The maximum atomic E-state index is 10.4. The van der Waals surface area contributed by atoms with E-state index in [1.807, 2.05) is 13.8 Å². The molecule has 2 heteroatoms. The van der Waals surface area contributed by atoms with Crippen molar-refractivity contribution < 1.29 is 9.90 Å². The number of hydrogen-bond donors (Lipinski definition) is 1. The van der Waals surface area contributed by atoms with E-state index in [2.05, 4.69) is 5.73 Å². The third-order valence-electron chi connectivity index (χ3n) is 1.22. The van der Waals surface area contributed by atoms with E-state index in [1.54, 1.807) is 12.2 Å². The van der Waals surface area contributed by atoms with Crippen LogP contribution in [0.1, 0.15) is 20.3 Å². The lowest BCUT2D eigenvalue weighted by molar-refractivity contribution is -0.140. The average molecular weight is 140 g/mol. The molecule has 0 fully saturated rings. The molecule has 0 spiro atoms. The van der Waals surface area contributed by atoms with Gasteiger partial charge in [0.2, 0.25) is 0 Å². The van der Waals surface area contributed by atoms with Crippen LogP contribution in [0.5, 0.6) is 0 Å². The SMILES string of the molecule is CC=C=CC(CC)C(=O)O. The highest BCUT2D eigenvalue weighted by Gasteiger charge is 2.09. The Morgan fingerprint density at radius 2 is 2.40 bits per heavy atom. The van der Waals surface area contributed by atoms with Gasteiger partial charge in [-0.2, -0.15) is 0 Å². The minimum absolute atomic E-state index is 0.379. The van der Waals surface area contributed by atoms with Crippen LogP contribution in [-0.2, 0) is 4.79 Å². The van der Waals surface area contributed by atoms with Crippen LogP contribution in [0.3, 0.4) is 0 Å². The van der Waals surface area contributed by atoms with Crippen molar-refractivity contribution in [2.45, 2.75) is 20.3 Å². The Morgan fingerprint density at radius 1 is 1.80 bits per heavy atom. The maximum absolute atomic E-state index is 10.4. The highest BCUT2D eigenvalue weighted by Crippen LogP contribution is 2.02. The molecular formula is C8H12O2. The van der Waals surface area contributed by atoms with Gasteiger partial charge in [-0.3, -0.25) is 4.79 Å². The van der Waals surface area contributed by atoms with Crippen molar-refractivity contribution in [3.05, 3.63) is 17.9 Å². The van der Waals surface area contributed by atoms with Gasteiger partial charge in [-0.15, -0.1) is 5.73 Å². The molecular weight excluding hydrogens is 128 g/mol. The number of rotatable bonds is 3. The predicted molar refractivity (Wildman–Crippen MR) is 39.7 cm³/mol. The third-order valence-corrected chi connectivity index (χ3v) is 1.22. The summed E-state index contributed by atoms with van der Waals surface area (Å²) in [5, 5.41) is 8.51. The topological polar surface area (TPSA) is 37.3 Å². The lowest BCUT2D eigenvalue weighted by Crippen LogP contribution is -2.08.